The smallest absolute Gasteiger partial charge is 0.282 e. The molecule has 3 atom stereocenters. The van der Waals surface area contributed by atoms with Gasteiger partial charge in [0.15, 0.2) is 6.04 Å². The zero-order chi connectivity index (χ0) is 16.1. The summed E-state index contributed by atoms with van der Waals surface area (Å²) in [5, 5.41) is 5.08. The topological polar surface area (TPSA) is 88.8 Å². The van der Waals surface area contributed by atoms with E-state index in [0.29, 0.717) is 23.2 Å². The zero-order valence-electron chi connectivity index (χ0n) is 13.3. The van der Waals surface area contributed by atoms with E-state index >= 15 is 0 Å². The van der Waals surface area contributed by atoms with E-state index in [4.69, 9.17) is 5.73 Å². The predicted molar refractivity (Wildman–Crippen MR) is 86.4 cm³/mol. The van der Waals surface area contributed by atoms with Gasteiger partial charge in [-0.25, -0.2) is 0 Å². The first kappa shape index (κ1) is 16.5. The van der Waals surface area contributed by atoms with Crippen LogP contribution in [0.15, 0.2) is 24.3 Å². The number of nitrogens with two attached hydrogens (primary N) is 2. The Morgan fingerprint density at radius 1 is 1.23 bits per heavy atom. The average molecular weight is 304 g/mol. The number of benzene rings is 1. The molecule has 5 heteroatoms. The number of nitrogens with one attached hydrogen (secondary N) is 1. The predicted octanol–water partition coefficient (Wildman–Crippen LogP) is 1.25. The zero-order valence-corrected chi connectivity index (χ0v) is 13.3. The van der Waals surface area contributed by atoms with Crippen LogP contribution in [0.1, 0.15) is 49.9 Å². The van der Waals surface area contributed by atoms with Crippen molar-refractivity contribution in [1.82, 2.24) is 0 Å². The van der Waals surface area contributed by atoms with Crippen molar-refractivity contribution in [3.8, 4) is 0 Å². The fourth-order valence-electron chi connectivity index (χ4n) is 3.06. The second-order valence-corrected chi connectivity index (χ2v) is 6.34. The molecule has 0 bridgehead atoms. The Morgan fingerprint density at radius 3 is 2.45 bits per heavy atom. The SMILES string of the molecule is C[C@H]([NH2+][C@H]1CCCC[C@@H]1C)C(=O)Nc1ccc(C(N)=O)cc1. The monoisotopic (exact) mass is 304 g/mol. The minimum absolute atomic E-state index is 0.00963. The molecule has 2 rings (SSSR count). The number of primary amides is 1. The van der Waals surface area contributed by atoms with Crippen LogP contribution in [-0.2, 0) is 4.79 Å². The van der Waals surface area contributed by atoms with Crippen LogP contribution in [0.5, 0.6) is 0 Å². The van der Waals surface area contributed by atoms with Gasteiger partial charge in [0.2, 0.25) is 5.91 Å². The molecule has 0 radical (unpaired) electrons. The van der Waals surface area contributed by atoms with Crippen LogP contribution in [0, 0.1) is 5.92 Å². The van der Waals surface area contributed by atoms with E-state index in [0.717, 1.165) is 0 Å². The molecule has 5 N–H and O–H groups in total. The molecule has 22 heavy (non-hydrogen) atoms. The molecule has 1 aromatic rings. The van der Waals surface area contributed by atoms with Crippen LogP contribution in [0.3, 0.4) is 0 Å². The third-order valence-corrected chi connectivity index (χ3v) is 4.56. The van der Waals surface area contributed by atoms with Crippen molar-refractivity contribution >= 4 is 17.5 Å². The first-order chi connectivity index (χ1) is 10.5. The number of amides is 2. The van der Waals surface area contributed by atoms with E-state index in [9.17, 15) is 9.59 Å². The Hall–Kier alpha value is -1.88. The Kier molecular flexibility index (Phi) is 5.55. The molecule has 5 nitrogen and oxygen atoms in total. The van der Waals surface area contributed by atoms with Crippen molar-refractivity contribution in [2.75, 3.05) is 5.32 Å². The molecule has 1 aromatic carbocycles. The van der Waals surface area contributed by atoms with Gasteiger partial charge in [-0.05, 0) is 50.5 Å². The molecule has 2 amide bonds. The van der Waals surface area contributed by atoms with Gasteiger partial charge in [-0.1, -0.05) is 13.3 Å². The van der Waals surface area contributed by atoms with Crippen molar-refractivity contribution in [3.63, 3.8) is 0 Å². The van der Waals surface area contributed by atoms with E-state index < -0.39 is 5.91 Å². The Bertz CT molecular complexity index is 527. The highest BCUT2D eigenvalue weighted by Gasteiger charge is 2.28. The number of rotatable bonds is 5. The third-order valence-electron chi connectivity index (χ3n) is 4.56. The number of carbonyl (C=O) groups is 2. The van der Waals surface area contributed by atoms with Crippen molar-refractivity contribution < 1.29 is 14.9 Å². The normalized spacial score (nSPS) is 22.8. The largest absolute Gasteiger partial charge is 0.366 e. The summed E-state index contributed by atoms with van der Waals surface area (Å²) >= 11 is 0. The van der Waals surface area contributed by atoms with Gasteiger partial charge in [0.1, 0.15) is 0 Å². The molecule has 1 fully saturated rings. The number of quaternary nitrogens is 1. The van der Waals surface area contributed by atoms with Crippen LogP contribution in [-0.4, -0.2) is 23.9 Å². The fourth-order valence-corrected chi connectivity index (χ4v) is 3.06. The molecule has 1 saturated carbocycles. The maximum absolute atomic E-state index is 12.3. The van der Waals surface area contributed by atoms with Gasteiger partial charge in [0.05, 0.1) is 6.04 Å². The standard InChI is InChI=1S/C17H25N3O2/c1-11-5-3-4-6-15(11)19-12(2)17(22)20-14-9-7-13(8-10-14)16(18)21/h7-12,15,19H,3-6H2,1-2H3,(H2,18,21)(H,20,22)/p+1/t11-,12-,15-/m0/s1. The van der Waals surface area contributed by atoms with E-state index in [1.54, 1.807) is 24.3 Å². The highest BCUT2D eigenvalue weighted by molar-refractivity contribution is 5.95. The quantitative estimate of drug-likeness (QED) is 0.764. The molecule has 0 saturated heterocycles. The lowest BCUT2D eigenvalue weighted by Gasteiger charge is -2.28. The highest BCUT2D eigenvalue weighted by atomic mass is 16.2. The van der Waals surface area contributed by atoms with Crippen molar-refractivity contribution in [3.05, 3.63) is 29.8 Å². The van der Waals surface area contributed by atoms with Crippen molar-refractivity contribution in [1.29, 1.82) is 0 Å². The molecule has 1 aliphatic carbocycles. The fraction of sp³-hybridized carbons (Fsp3) is 0.529. The van der Waals surface area contributed by atoms with E-state index in [-0.39, 0.29) is 11.9 Å². The minimum Gasteiger partial charge on any atom is -0.366 e. The first-order valence-electron chi connectivity index (χ1n) is 8.03. The van der Waals surface area contributed by atoms with Gasteiger partial charge in [-0.15, -0.1) is 0 Å². The average Bonchev–Trinajstić information content (AvgIpc) is 2.50. The lowest BCUT2D eigenvalue weighted by atomic mass is 9.85. The molecular weight excluding hydrogens is 278 g/mol. The lowest BCUT2D eigenvalue weighted by Crippen LogP contribution is -2.97. The van der Waals surface area contributed by atoms with Crippen LogP contribution >= 0.6 is 0 Å². The van der Waals surface area contributed by atoms with E-state index in [2.05, 4.69) is 17.6 Å². The summed E-state index contributed by atoms with van der Waals surface area (Å²) in [5.41, 5.74) is 6.32. The summed E-state index contributed by atoms with van der Waals surface area (Å²) in [7, 11) is 0. The van der Waals surface area contributed by atoms with Gasteiger partial charge in [0, 0.05) is 17.2 Å². The van der Waals surface area contributed by atoms with E-state index in [1.165, 1.54) is 25.7 Å². The molecule has 120 valence electrons. The Morgan fingerprint density at radius 2 is 1.86 bits per heavy atom. The molecular formula is C17H26N3O2+. The molecule has 0 unspecified atom stereocenters. The number of hydrogen-bond donors (Lipinski definition) is 3. The van der Waals surface area contributed by atoms with Gasteiger partial charge in [0.25, 0.3) is 5.91 Å². The molecule has 0 aromatic heterocycles. The van der Waals surface area contributed by atoms with Gasteiger partial charge in [-0.3, -0.25) is 9.59 Å². The third kappa shape index (κ3) is 4.31. The highest BCUT2D eigenvalue weighted by Crippen LogP contribution is 2.21. The number of hydrogen-bond acceptors (Lipinski definition) is 2. The maximum atomic E-state index is 12.3. The summed E-state index contributed by atoms with van der Waals surface area (Å²) in [6.07, 6.45) is 5.00. The van der Waals surface area contributed by atoms with Crippen LogP contribution < -0.4 is 16.4 Å². The molecule has 1 aliphatic rings. The lowest BCUT2D eigenvalue weighted by molar-refractivity contribution is -0.714. The maximum Gasteiger partial charge on any atom is 0.282 e. The number of carbonyl (C=O) groups excluding carboxylic acids is 2. The Balaban J connectivity index is 1.89. The minimum atomic E-state index is -0.467. The van der Waals surface area contributed by atoms with E-state index in [1.807, 2.05) is 6.92 Å². The molecule has 0 heterocycles. The molecule has 0 spiro atoms. The summed E-state index contributed by atoms with van der Waals surface area (Å²) in [5.74, 6) is 0.189. The van der Waals surface area contributed by atoms with Crippen molar-refractivity contribution in [2.45, 2.75) is 51.6 Å². The van der Waals surface area contributed by atoms with Crippen LogP contribution in [0.2, 0.25) is 0 Å². The van der Waals surface area contributed by atoms with Gasteiger partial charge < -0.3 is 16.4 Å². The Labute approximate surface area is 131 Å². The van der Waals surface area contributed by atoms with Gasteiger partial charge >= 0.3 is 0 Å². The first-order valence-corrected chi connectivity index (χ1v) is 8.03. The molecule has 0 aliphatic heterocycles. The summed E-state index contributed by atoms with van der Waals surface area (Å²) < 4.78 is 0. The van der Waals surface area contributed by atoms with Crippen LogP contribution in [0.4, 0.5) is 5.69 Å². The second kappa shape index (κ2) is 7.40. The second-order valence-electron chi connectivity index (χ2n) is 6.34. The van der Waals surface area contributed by atoms with Gasteiger partial charge in [-0.2, -0.15) is 0 Å². The summed E-state index contributed by atoms with van der Waals surface area (Å²) in [6.45, 7) is 4.21. The summed E-state index contributed by atoms with van der Waals surface area (Å²) in [4.78, 5) is 23.3. The number of anilines is 1. The van der Waals surface area contributed by atoms with Crippen LogP contribution in [0.25, 0.3) is 0 Å². The van der Waals surface area contributed by atoms with Crippen molar-refractivity contribution in [2.24, 2.45) is 11.7 Å². The summed E-state index contributed by atoms with van der Waals surface area (Å²) in [6, 6.07) is 7.06.